The van der Waals surface area contributed by atoms with Gasteiger partial charge in [0.25, 0.3) is 5.56 Å². The van der Waals surface area contributed by atoms with Gasteiger partial charge in [-0.05, 0) is 36.4 Å². The Balaban J connectivity index is 1.74. The van der Waals surface area contributed by atoms with Crippen molar-refractivity contribution < 1.29 is 9.47 Å². The average Bonchev–Trinajstić information content (AvgIpc) is 2.85. The first-order chi connectivity index (χ1) is 15.7. The molecule has 0 fully saturated rings. The van der Waals surface area contributed by atoms with Crippen LogP contribution in [0.1, 0.15) is 5.56 Å². The molecule has 0 N–H and O–H groups in total. The Labute approximate surface area is 184 Å². The predicted molar refractivity (Wildman–Crippen MR) is 125 cm³/mol. The van der Waals surface area contributed by atoms with Gasteiger partial charge in [0.15, 0.2) is 0 Å². The van der Waals surface area contributed by atoms with E-state index in [1.165, 1.54) is 0 Å². The van der Waals surface area contributed by atoms with Crippen molar-refractivity contribution in [2.75, 3.05) is 14.2 Å². The molecule has 5 rings (SSSR count). The van der Waals surface area contributed by atoms with E-state index in [0.717, 1.165) is 22.0 Å². The molecule has 6 heteroatoms. The number of rotatable bonds is 5. The molecule has 0 unspecified atom stereocenters. The van der Waals surface area contributed by atoms with E-state index in [9.17, 15) is 4.79 Å². The van der Waals surface area contributed by atoms with Gasteiger partial charge in [0.05, 0.1) is 37.2 Å². The summed E-state index contributed by atoms with van der Waals surface area (Å²) in [6.45, 7) is 0.298. The van der Waals surface area contributed by atoms with Crippen LogP contribution in [0, 0.1) is 0 Å². The second kappa shape index (κ2) is 8.15. The molecule has 5 aromatic rings. The summed E-state index contributed by atoms with van der Waals surface area (Å²) in [7, 11) is 3.21. The van der Waals surface area contributed by atoms with E-state index in [-0.39, 0.29) is 5.56 Å². The van der Waals surface area contributed by atoms with Crippen molar-refractivity contribution in [1.82, 2.24) is 14.5 Å². The molecule has 0 aliphatic rings. The van der Waals surface area contributed by atoms with Gasteiger partial charge in [-0.3, -0.25) is 14.3 Å². The second-order valence-electron chi connectivity index (χ2n) is 7.44. The fourth-order valence-corrected chi connectivity index (χ4v) is 3.88. The molecule has 0 atom stereocenters. The average molecular weight is 423 g/mol. The molecule has 3 aromatic carbocycles. The summed E-state index contributed by atoms with van der Waals surface area (Å²) < 4.78 is 12.5. The van der Waals surface area contributed by atoms with E-state index in [0.29, 0.717) is 34.8 Å². The molecular weight excluding hydrogens is 402 g/mol. The smallest absolute Gasteiger partial charge is 0.261 e. The number of hydrogen-bond acceptors (Lipinski definition) is 5. The van der Waals surface area contributed by atoms with Crippen molar-refractivity contribution >= 4 is 21.8 Å². The Morgan fingerprint density at radius 1 is 0.875 bits per heavy atom. The fourth-order valence-electron chi connectivity index (χ4n) is 3.88. The molecule has 0 spiro atoms. The van der Waals surface area contributed by atoms with Crippen LogP contribution in [0.15, 0.2) is 83.8 Å². The Kier molecular flexibility index (Phi) is 5.03. The minimum atomic E-state index is -0.114. The standard InChI is InChI=1S/C26H21N3O3/c1-31-20-12-11-18(24(14-20)32-2)16-29-25(28-23-10-6-4-8-21(23)26(29)30)19-13-17-7-3-5-9-22(17)27-15-19/h3-15H,16H2,1-2H3. The van der Waals surface area contributed by atoms with Crippen molar-refractivity contribution in [1.29, 1.82) is 0 Å². The predicted octanol–water partition coefficient (Wildman–Crippen LogP) is 4.68. The first-order valence-electron chi connectivity index (χ1n) is 10.2. The zero-order chi connectivity index (χ0) is 22.1. The van der Waals surface area contributed by atoms with Gasteiger partial charge >= 0.3 is 0 Å². The van der Waals surface area contributed by atoms with E-state index in [2.05, 4.69) is 4.98 Å². The lowest BCUT2D eigenvalue weighted by atomic mass is 10.1. The van der Waals surface area contributed by atoms with Gasteiger partial charge in [0.1, 0.15) is 17.3 Å². The summed E-state index contributed by atoms with van der Waals surface area (Å²) in [4.78, 5) is 23.0. The molecular formula is C26H21N3O3. The lowest BCUT2D eigenvalue weighted by Gasteiger charge is -2.16. The van der Waals surface area contributed by atoms with Crippen LogP contribution in [0.5, 0.6) is 11.5 Å². The minimum absolute atomic E-state index is 0.114. The van der Waals surface area contributed by atoms with Crippen LogP contribution in [0.3, 0.4) is 0 Å². The Morgan fingerprint density at radius 3 is 2.47 bits per heavy atom. The minimum Gasteiger partial charge on any atom is -0.497 e. The molecule has 32 heavy (non-hydrogen) atoms. The van der Waals surface area contributed by atoms with Crippen LogP contribution in [0.2, 0.25) is 0 Å². The number of fused-ring (bicyclic) bond motifs is 2. The summed E-state index contributed by atoms with van der Waals surface area (Å²) >= 11 is 0. The summed E-state index contributed by atoms with van der Waals surface area (Å²) in [5.74, 6) is 1.89. The zero-order valence-corrected chi connectivity index (χ0v) is 17.8. The van der Waals surface area contributed by atoms with Crippen LogP contribution < -0.4 is 15.0 Å². The molecule has 0 amide bonds. The quantitative estimate of drug-likeness (QED) is 0.411. The summed E-state index contributed by atoms with van der Waals surface area (Å²) in [5, 5.41) is 1.55. The van der Waals surface area contributed by atoms with E-state index < -0.39 is 0 Å². The van der Waals surface area contributed by atoms with Gasteiger partial charge in [0, 0.05) is 28.8 Å². The number of para-hydroxylation sites is 2. The van der Waals surface area contributed by atoms with Crippen molar-refractivity contribution in [2.45, 2.75) is 6.54 Å². The number of benzene rings is 3. The maximum absolute atomic E-state index is 13.6. The molecule has 0 bridgehead atoms. The maximum atomic E-state index is 13.6. The first kappa shape index (κ1) is 19.8. The Hall–Kier alpha value is -4.19. The lowest BCUT2D eigenvalue weighted by Crippen LogP contribution is -2.24. The normalized spacial score (nSPS) is 11.1. The highest BCUT2D eigenvalue weighted by Crippen LogP contribution is 2.28. The molecule has 2 aromatic heterocycles. The van der Waals surface area contributed by atoms with Crippen molar-refractivity contribution in [3.63, 3.8) is 0 Å². The number of ether oxygens (including phenoxy) is 2. The monoisotopic (exact) mass is 423 g/mol. The number of nitrogens with zero attached hydrogens (tertiary/aromatic N) is 3. The van der Waals surface area contributed by atoms with Crippen LogP contribution in [-0.2, 0) is 6.54 Å². The van der Waals surface area contributed by atoms with E-state index in [4.69, 9.17) is 14.5 Å². The van der Waals surface area contributed by atoms with Gasteiger partial charge in [-0.1, -0.05) is 30.3 Å². The molecule has 0 saturated heterocycles. The molecule has 6 nitrogen and oxygen atoms in total. The third-order valence-electron chi connectivity index (χ3n) is 5.53. The molecule has 0 aliphatic carbocycles. The highest BCUT2D eigenvalue weighted by atomic mass is 16.5. The highest BCUT2D eigenvalue weighted by Gasteiger charge is 2.16. The highest BCUT2D eigenvalue weighted by molar-refractivity contribution is 5.84. The molecule has 0 aliphatic heterocycles. The SMILES string of the molecule is COc1ccc(Cn2c(-c3cnc4ccccc4c3)nc3ccccc3c2=O)c(OC)c1. The molecule has 0 radical (unpaired) electrons. The number of hydrogen-bond donors (Lipinski definition) is 0. The third kappa shape index (κ3) is 3.46. The summed E-state index contributed by atoms with van der Waals surface area (Å²) in [5.41, 5.74) is 3.06. The van der Waals surface area contributed by atoms with Gasteiger partial charge in [-0.2, -0.15) is 0 Å². The maximum Gasteiger partial charge on any atom is 0.261 e. The third-order valence-corrected chi connectivity index (χ3v) is 5.53. The van der Waals surface area contributed by atoms with Crippen molar-refractivity contribution in [3.8, 4) is 22.9 Å². The zero-order valence-electron chi connectivity index (χ0n) is 17.8. The van der Waals surface area contributed by atoms with E-state index in [1.807, 2.05) is 66.7 Å². The Morgan fingerprint density at radius 2 is 1.66 bits per heavy atom. The summed E-state index contributed by atoms with van der Waals surface area (Å²) in [6.07, 6.45) is 1.76. The Bertz CT molecular complexity index is 1510. The van der Waals surface area contributed by atoms with Crippen LogP contribution >= 0.6 is 0 Å². The van der Waals surface area contributed by atoms with Crippen molar-refractivity contribution in [2.24, 2.45) is 0 Å². The van der Waals surface area contributed by atoms with Gasteiger partial charge in [-0.25, -0.2) is 4.98 Å². The summed E-state index contributed by atoms with van der Waals surface area (Å²) in [6, 6.07) is 22.9. The molecule has 2 heterocycles. The fraction of sp³-hybridized carbons (Fsp3) is 0.115. The van der Waals surface area contributed by atoms with E-state index >= 15 is 0 Å². The van der Waals surface area contributed by atoms with Crippen molar-refractivity contribution in [3.05, 3.63) is 94.9 Å². The van der Waals surface area contributed by atoms with Crippen LogP contribution in [0.4, 0.5) is 0 Å². The van der Waals surface area contributed by atoms with E-state index in [1.54, 1.807) is 31.0 Å². The molecule has 0 saturated carbocycles. The molecule has 158 valence electrons. The van der Waals surface area contributed by atoms with Gasteiger partial charge < -0.3 is 9.47 Å². The largest absolute Gasteiger partial charge is 0.497 e. The van der Waals surface area contributed by atoms with Crippen LogP contribution in [0.25, 0.3) is 33.2 Å². The van der Waals surface area contributed by atoms with Crippen LogP contribution in [-0.4, -0.2) is 28.8 Å². The number of methoxy groups -OCH3 is 2. The van der Waals surface area contributed by atoms with Gasteiger partial charge in [0.2, 0.25) is 0 Å². The number of pyridine rings is 1. The van der Waals surface area contributed by atoms with Gasteiger partial charge in [-0.15, -0.1) is 0 Å². The topological polar surface area (TPSA) is 66.2 Å². The lowest BCUT2D eigenvalue weighted by molar-refractivity contribution is 0.390. The first-order valence-corrected chi connectivity index (χ1v) is 10.2. The number of aromatic nitrogens is 3. The second-order valence-corrected chi connectivity index (χ2v) is 7.44.